The van der Waals surface area contributed by atoms with E-state index in [0.29, 0.717) is 6.42 Å². The van der Waals surface area contributed by atoms with Crippen LogP contribution in [0, 0.1) is 5.82 Å². The number of sulfone groups is 1. The Labute approximate surface area is 106 Å². The number of hydrogen-bond donors (Lipinski definition) is 1. The van der Waals surface area contributed by atoms with E-state index < -0.39 is 15.7 Å². The molecule has 0 radical (unpaired) electrons. The van der Waals surface area contributed by atoms with Gasteiger partial charge in [0.2, 0.25) is 0 Å². The van der Waals surface area contributed by atoms with Gasteiger partial charge in [-0.2, -0.15) is 11.8 Å². The summed E-state index contributed by atoms with van der Waals surface area (Å²) in [5.41, 5.74) is 5.66. The summed E-state index contributed by atoms with van der Waals surface area (Å²) in [4.78, 5) is -0.0981. The highest BCUT2D eigenvalue weighted by Gasteiger charge is 2.17. The summed E-state index contributed by atoms with van der Waals surface area (Å²) in [5.74, 6) is 1.17. The van der Waals surface area contributed by atoms with Crippen molar-refractivity contribution >= 4 is 27.3 Å². The minimum Gasteiger partial charge on any atom is -0.398 e. The van der Waals surface area contributed by atoms with E-state index in [-0.39, 0.29) is 16.3 Å². The van der Waals surface area contributed by atoms with Gasteiger partial charge in [-0.3, -0.25) is 0 Å². The highest BCUT2D eigenvalue weighted by atomic mass is 32.2. The molecule has 1 rings (SSSR count). The monoisotopic (exact) mass is 277 g/mol. The van der Waals surface area contributed by atoms with Crippen molar-refractivity contribution in [1.82, 2.24) is 0 Å². The van der Waals surface area contributed by atoms with Crippen LogP contribution in [0.5, 0.6) is 0 Å². The van der Waals surface area contributed by atoms with E-state index in [1.165, 1.54) is 6.07 Å². The summed E-state index contributed by atoms with van der Waals surface area (Å²) in [6, 6.07) is 3.42. The van der Waals surface area contributed by atoms with Crippen LogP contribution in [0.25, 0.3) is 0 Å². The molecule has 96 valence electrons. The molecule has 0 atom stereocenters. The smallest absolute Gasteiger partial charge is 0.180 e. The summed E-state index contributed by atoms with van der Waals surface area (Å²) in [6.07, 6.45) is 0.552. The first-order valence-corrected chi connectivity index (χ1v) is 8.13. The van der Waals surface area contributed by atoms with Gasteiger partial charge < -0.3 is 5.73 Å². The molecular formula is C11H16FNO2S2. The third-order valence-electron chi connectivity index (χ3n) is 2.22. The fourth-order valence-electron chi connectivity index (χ4n) is 1.38. The Bertz CT molecular complexity index is 474. The second kappa shape index (κ2) is 6.26. The summed E-state index contributed by atoms with van der Waals surface area (Å²) in [7, 11) is -3.47. The first-order valence-electron chi connectivity index (χ1n) is 5.33. The van der Waals surface area contributed by atoms with Crippen LogP contribution < -0.4 is 5.73 Å². The molecule has 0 amide bonds. The predicted octanol–water partition coefficient (Wildman–Crippen LogP) is 2.32. The number of benzene rings is 1. The molecule has 2 N–H and O–H groups in total. The van der Waals surface area contributed by atoms with E-state index in [1.54, 1.807) is 11.8 Å². The molecule has 0 aliphatic rings. The molecule has 0 heterocycles. The number of hydrogen-bond acceptors (Lipinski definition) is 4. The van der Waals surface area contributed by atoms with Crippen LogP contribution in [0.3, 0.4) is 0 Å². The average Bonchev–Trinajstić information content (AvgIpc) is 2.28. The first kappa shape index (κ1) is 14.3. The minimum absolute atomic E-state index is 0.00759. The minimum atomic E-state index is -3.47. The van der Waals surface area contributed by atoms with Crippen LogP contribution in [0.4, 0.5) is 10.1 Å². The van der Waals surface area contributed by atoms with Crippen LogP contribution in [-0.2, 0) is 9.84 Å². The number of nitrogen functional groups attached to an aromatic ring is 1. The van der Waals surface area contributed by atoms with Gasteiger partial charge in [0, 0.05) is 0 Å². The highest BCUT2D eigenvalue weighted by molar-refractivity contribution is 7.99. The Morgan fingerprint density at radius 3 is 2.76 bits per heavy atom. The van der Waals surface area contributed by atoms with E-state index in [4.69, 9.17) is 5.73 Å². The largest absolute Gasteiger partial charge is 0.398 e. The van der Waals surface area contributed by atoms with Crippen LogP contribution in [-0.4, -0.2) is 25.7 Å². The second-order valence-corrected chi connectivity index (χ2v) is 7.02. The molecule has 0 aliphatic carbocycles. The van der Waals surface area contributed by atoms with Gasteiger partial charge in [-0.1, -0.05) is 6.92 Å². The zero-order chi connectivity index (χ0) is 12.9. The van der Waals surface area contributed by atoms with Crippen molar-refractivity contribution in [3.63, 3.8) is 0 Å². The molecular weight excluding hydrogens is 261 g/mol. The molecule has 0 saturated carbocycles. The molecule has 1 aromatic carbocycles. The maximum absolute atomic E-state index is 13.0. The van der Waals surface area contributed by atoms with Crippen molar-refractivity contribution in [2.24, 2.45) is 0 Å². The van der Waals surface area contributed by atoms with E-state index in [1.807, 2.05) is 6.92 Å². The average molecular weight is 277 g/mol. The second-order valence-electron chi connectivity index (χ2n) is 3.55. The fraction of sp³-hybridized carbons (Fsp3) is 0.455. The molecule has 6 heteroatoms. The zero-order valence-electron chi connectivity index (χ0n) is 9.65. The molecule has 0 aromatic heterocycles. The summed E-state index contributed by atoms with van der Waals surface area (Å²) >= 11 is 1.68. The fourth-order valence-corrected chi connectivity index (χ4v) is 3.67. The van der Waals surface area contributed by atoms with Crippen molar-refractivity contribution in [3.8, 4) is 0 Å². The van der Waals surface area contributed by atoms with Gasteiger partial charge in [0.1, 0.15) is 5.82 Å². The van der Waals surface area contributed by atoms with Crippen LogP contribution in [0.15, 0.2) is 23.1 Å². The van der Waals surface area contributed by atoms with Crippen molar-refractivity contribution in [2.45, 2.75) is 18.2 Å². The van der Waals surface area contributed by atoms with Gasteiger partial charge in [-0.25, -0.2) is 12.8 Å². The molecule has 0 unspecified atom stereocenters. The normalized spacial score (nSPS) is 11.6. The van der Waals surface area contributed by atoms with E-state index in [2.05, 4.69) is 0 Å². The van der Waals surface area contributed by atoms with E-state index in [0.717, 1.165) is 23.6 Å². The van der Waals surface area contributed by atoms with Gasteiger partial charge in [-0.05, 0) is 36.1 Å². The van der Waals surface area contributed by atoms with Crippen LogP contribution in [0.2, 0.25) is 0 Å². The molecule has 3 nitrogen and oxygen atoms in total. The SMILES string of the molecule is CCSCCCS(=O)(=O)c1cc(F)ccc1N. The number of rotatable bonds is 6. The van der Waals surface area contributed by atoms with Gasteiger partial charge in [0.25, 0.3) is 0 Å². The van der Waals surface area contributed by atoms with Crippen molar-refractivity contribution in [2.75, 3.05) is 23.0 Å². The summed E-state index contributed by atoms with van der Waals surface area (Å²) in [6.45, 7) is 2.02. The number of halogens is 1. The lowest BCUT2D eigenvalue weighted by molar-refractivity contribution is 0.590. The Morgan fingerprint density at radius 2 is 2.12 bits per heavy atom. The first-order chi connectivity index (χ1) is 7.97. The van der Waals surface area contributed by atoms with E-state index >= 15 is 0 Å². The number of nitrogens with two attached hydrogens (primary N) is 1. The quantitative estimate of drug-likeness (QED) is 0.640. The van der Waals surface area contributed by atoms with Crippen molar-refractivity contribution in [3.05, 3.63) is 24.0 Å². The Hall–Kier alpha value is -0.750. The molecule has 0 spiro atoms. The molecule has 0 aliphatic heterocycles. The molecule has 1 aromatic rings. The summed E-state index contributed by atoms with van der Waals surface area (Å²) in [5, 5.41) is 0. The third-order valence-corrected chi connectivity index (χ3v) is 5.05. The lowest BCUT2D eigenvalue weighted by atomic mass is 10.3. The molecule has 0 fully saturated rings. The maximum atomic E-state index is 13.0. The van der Waals surface area contributed by atoms with Crippen molar-refractivity contribution in [1.29, 1.82) is 0 Å². The predicted molar refractivity (Wildman–Crippen MR) is 70.5 cm³/mol. The molecule has 17 heavy (non-hydrogen) atoms. The Kier molecular flexibility index (Phi) is 5.27. The van der Waals surface area contributed by atoms with Gasteiger partial charge in [0.05, 0.1) is 16.3 Å². The lowest BCUT2D eigenvalue weighted by Crippen LogP contribution is -2.10. The van der Waals surface area contributed by atoms with Crippen LogP contribution in [0.1, 0.15) is 13.3 Å². The van der Waals surface area contributed by atoms with Crippen LogP contribution >= 0.6 is 11.8 Å². The van der Waals surface area contributed by atoms with Crippen molar-refractivity contribution < 1.29 is 12.8 Å². The van der Waals surface area contributed by atoms with Gasteiger partial charge >= 0.3 is 0 Å². The zero-order valence-corrected chi connectivity index (χ0v) is 11.3. The highest BCUT2D eigenvalue weighted by Crippen LogP contribution is 2.21. The Morgan fingerprint density at radius 1 is 1.41 bits per heavy atom. The maximum Gasteiger partial charge on any atom is 0.180 e. The van der Waals surface area contributed by atoms with Gasteiger partial charge in [0.15, 0.2) is 9.84 Å². The number of thioether (sulfide) groups is 1. The van der Waals surface area contributed by atoms with Gasteiger partial charge in [-0.15, -0.1) is 0 Å². The molecule has 0 saturated heterocycles. The number of anilines is 1. The summed E-state index contributed by atoms with van der Waals surface area (Å²) < 4.78 is 36.8. The lowest BCUT2D eigenvalue weighted by Gasteiger charge is -2.07. The standard InChI is InChI=1S/C11H16FNO2S2/c1-2-16-6-3-7-17(14,15)11-8-9(12)4-5-10(11)13/h4-5,8H,2-3,6-7,13H2,1H3. The molecule has 0 bridgehead atoms. The Balaban J connectivity index is 2.79. The van der Waals surface area contributed by atoms with E-state index in [9.17, 15) is 12.8 Å². The topological polar surface area (TPSA) is 60.2 Å². The third kappa shape index (κ3) is 4.20.